The number of nitrogens with one attached hydrogen (secondary N) is 1. The van der Waals surface area contributed by atoms with Gasteiger partial charge in [-0.1, -0.05) is 25.1 Å². The zero-order valence-corrected chi connectivity index (χ0v) is 17.2. The number of nitrogens with zero attached hydrogens (tertiary/aromatic N) is 1. The van der Waals surface area contributed by atoms with Gasteiger partial charge in [0, 0.05) is 17.8 Å². The molecule has 152 valence electrons. The highest BCUT2D eigenvalue weighted by Crippen LogP contribution is 2.35. The Morgan fingerprint density at radius 3 is 2.31 bits per heavy atom. The Morgan fingerprint density at radius 1 is 1.00 bits per heavy atom. The second-order valence-corrected chi connectivity index (χ2v) is 7.03. The van der Waals surface area contributed by atoms with Gasteiger partial charge in [0.2, 0.25) is 0 Å². The summed E-state index contributed by atoms with van der Waals surface area (Å²) in [5, 5.41) is 3.15. The Bertz CT molecular complexity index is 932. The number of amides is 2. The molecule has 0 bridgehead atoms. The van der Waals surface area contributed by atoms with Crippen LogP contribution in [0.4, 0.5) is 5.69 Å². The SMILES string of the molecule is CCCN1C(=O)C(Nc2ccc(OC(C)C)cc2)=C(c2ccccc2OC)C1=O. The third kappa shape index (κ3) is 4.26. The molecule has 1 aliphatic rings. The lowest BCUT2D eigenvalue weighted by atomic mass is 10.0. The highest BCUT2D eigenvalue weighted by Gasteiger charge is 2.39. The molecule has 0 unspecified atom stereocenters. The van der Waals surface area contributed by atoms with E-state index in [1.807, 2.05) is 57.2 Å². The molecule has 1 N–H and O–H groups in total. The topological polar surface area (TPSA) is 67.9 Å². The van der Waals surface area contributed by atoms with Crippen LogP contribution < -0.4 is 14.8 Å². The Hall–Kier alpha value is -3.28. The van der Waals surface area contributed by atoms with Crippen LogP contribution in [0.3, 0.4) is 0 Å². The van der Waals surface area contributed by atoms with Gasteiger partial charge in [0.15, 0.2) is 0 Å². The molecule has 0 fully saturated rings. The van der Waals surface area contributed by atoms with Crippen molar-refractivity contribution in [3.8, 4) is 11.5 Å². The summed E-state index contributed by atoms with van der Waals surface area (Å²) in [6, 6.07) is 14.5. The number of rotatable bonds is 8. The summed E-state index contributed by atoms with van der Waals surface area (Å²) in [6.07, 6.45) is 0.760. The van der Waals surface area contributed by atoms with Crippen LogP contribution in [0.5, 0.6) is 11.5 Å². The molecule has 0 saturated heterocycles. The fourth-order valence-electron chi connectivity index (χ4n) is 3.25. The largest absolute Gasteiger partial charge is 0.496 e. The Kier molecular flexibility index (Phi) is 6.22. The normalized spacial score (nSPS) is 14.0. The van der Waals surface area contributed by atoms with Crippen molar-refractivity contribution in [3.05, 3.63) is 59.8 Å². The molecule has 0 atom stereocenters. The predicted molar refractivity (Wildman–Crippen MR) is 113 cm³/mol. The average Bonchev–Trinajstić information content (AvgIpc) is 2.93. The van der Waals surface area contributed by atoms with Crippen LogP contribution in [0.1, 0.15) is 32.8 Å². The fraction of sp³-hybridized carbons (Fsp3) is 0.304. The lowest BCUT2D eigenvalue weighted by molar-refractivity contribution is -0.136. The second kappa shape index (κ2) is 8.82. The maximum Gasteiger partial charge on any atom is 0.278 e. The number of anilines is 1. The van der Waals surface area contributed by atoms with Crippen LogP contribution in [0, 0.1) is 0 Å². The Balaban J connectivity index is 2.01. The van der Waals surface area contributed by atoms with E-state index in [1.54, 1.807) is 19.2 Å². The summed E-state index contributed by atoms with van der Waals surface area (Å²) < 4.78 is 11.1. The standard InChI is InChI=1S/C23H26N2O4/c1-5-14-25-22(26)20(18-8-6-7-9-19(18)28-4)21(23(25)27)24-16-10-12-17(13-11-16)29-15(2)3/h6-13,15,24H,5,14H2,1-4H3. The van der Waals surface area contributed by atoms with E-state index >= 15 is 0 Å². The number of carbonyl (C=O) groups is 2. The minimum atomic E-state index is -0.333. The first-order valence-corrected chi connectivity index (χ1v) is 9.73. The maximum absolute atomic E-state index is 13.1. The highest BCUT2D eigenvalue weighted by molar-refractivity contribution is 6.37. The molecule has 6 heteroatoms. The molecular weight excluding hydrogens is 368 g/mol. The van der Waals surface area contributed by atoms with Gasteiger partial charge in [0.25, 0.3) is 11.8 Å². The third-order valence-corrected chi connectivity index (χ3v) is 4.49. The van der Waals surface area contributed by atoms with Crippen molar-refractivity contribution in [2.24, 2.45) is 0 Å². The molecule has 6 nitrogen and oxygen atoms in total. The van der Waals surface area contributed by atoms with E-state index < -0.39 is 0 Å². The molecule has 2 aromatic rings. The van der Waals surface area contributed by atoms with Crippen molar-refractivity contribution in [3.63, 3.8) is 0 Å². The predicted octanol–water partition coefficient (Wildman–Crippen LogP) is 4.08. The van der Waals surface area contributed by atoms with Crippen LogP contribution >= 0.6 is 0 Å². The summed E-state index contributed by atoms with van der Waals surface area (Å²) in [5.74, 6) is 0.636. The summed E-state index contributed by atoms with van der Waals surface area (Å²) in [7, 11) is 1.55. The van der Waals surface area contributed by atoms with E-state index in [4.69, 9.17) is 9.47 Å². The molecule has 3 rings (SSSR count). The van der Waals surface area contributed by atoms with Crippen molar-refractivity contribution in [2.45, 2.75) is 33.3 Å². The molecular formula is C23H26N2O4. The van der Waals surface area contributed by atoms with Gasteiger partial charge >= 0.3 is 0 Å². The Labute approximate surface area is 171 Å². The lowest BCUT2D eigenvalue weighted by Crippen LogP contribution is -2.33. The molecule has 2 amide bonds. The molecule has 1 heterocycles. The van der Waals surface area contributed by atoms with E-state index in [2.05, 4.69) is 5.32 Å². The maximum atomic E-state index is 13.1. The summed E-state index contributed by atoms with van der Waals surface area (Å²) in [5.41, 5.74) is 1.87. The molecule has 29 heavy (non-hydrogen) atoms. The zero-order valence-electron chi connectivity index (χ0n) is 17.2. The zero-order chi connectivity index (χ0) is 21.0. The highest BCUT2D eigenvalue weighted by atomic mass is 16.5. The number of imide groups is 1. The van der Waals surface area contributed by atoms with Crippen molar-refractivity contribution >= 4 is 23.1 Å². The third-order valence-electron chi connectivity index (χ3n) is 4.49. The van der Waals surface area contributed by atoms with Crippen molar-refractivity contribution in [1.29, 1.82) is 0 Å². The smallest absolute Gasteiger partial charge is 0.278 e. The van der Waals surface area contributed by atoms with Gasteiger partial charge in [-0.05, 0) is 50.6 Å². The minimum Gasteiger partial charge on any atom is -0.496 e. The van der Waals surface area contributed by atoms with Crippen molar-refractivity contribution in [2.75, 3.05) is 19.0 Å². The molecule has 2 aromatic carbocycles. The van der Waals surface area contributed by atoms with Gasteiger partial charge in [-0.2, -0.15) is 0 Å². The van der Waals surface area contributed by atoms with Gasteiger partial charge < -0.3 is 14.8 Å². The molecule has 0 aliphatic carbocycles. The number of para-hydroxylation sites is 1. The van der Waals surface area contributed by atoms with E-state index in [-0.39, 0.29) is 23.6 Å². The van der Waals surface area contributed by atoms with Crippen LogP contribution in [0.25, 0.3) is 5.57 Å². The van der Waals surface area contributed by atoms with Crippen LogP contribution in [0.15, 0.2) is 54.2 Å². The monoisotopic (exact) mass is 394 g/mol. The van der Waals surface area contributed by atoms with Gasteiger partial charge in [-0.15, -0.1) is 0 Å². The summed E-state index contributed by atoms with van der Waals surface area (Å²) in [4.78, 5) is 27.4. The quantitative estimate of drug-likeness (QED) is 0.683. The minimum absolute atomic E-state index is 0.0744. The molecule has 1 aliphatic heterocycles. The number of hydrogen-bond donors (Lipinski definition) is 1. The van der Waals surface area contributed by atoms with Crippen molar-refractivity contribution in [1.82, 2.24) is 4.90 Å². The average molecular weight is 394 g/mol. The Morgan fingerprint density at radius 2 is 1.69 bits per heavy atom. The first-order chi connectivity index (χ1) is 14.0. The van der Waals surface area contributed by atoms with E-state index in [1.165, 1.54) is 4.90 Å². The number of hydrogen-bond acceptors (Lipinski definition) is 5. The van der Waals surface area contributed by atoms with Crippen LogP contribution in [0.2, 0.25) is 0 Å². The lowest BCUT2D eigenvalue weighted by Gasteiger charge is -2.14. The van der Waals surface area contributed by atoms with E-state index in [0.29, 0.717) is 35.5 Å². The first kappa shape index (κ1) is 20.5. The number of carbonyl (C=O) groups excluding carboxylic acids is 2. The fourth-order valence-corrected chi connectivity index (χ4v) is 3.25. The summed E-state index contributed by atoms with van der Waals surface area (Å²) in [6.45, 7) is 6.22. The second-order valence-electron chi connectivity index (χ2n) is 7.03. The van der Waals surface area contributed by atoms with E-state index in [9.17, 15) is 9.59 Å². The first-order valence-electron chi connectivity index (χ1n) is 9.73. The summed E-state index contributed by atoms with van der Waals surface area (Å²) >= 11 is 0. The van der Waals surface area contributed by atoms with Gasteiger partial charge in [-0.3, -0.25) is 14.5 Å². The molecule has 0 spiro atoms. The van der Waals surface area contributed by atoms with Crippen LogP contribution in [-0.2, 0) is 9.59 Å². The number of ether oxygens (including phenoxy) is 2. The van der Waals surface area contributed by atoms with Crippen LogP contribution in [-0.4, -0.2) is 36.5 Å². The van der Waals surface area contributed by atoms with Crippen molar-refractivity contribution < 1.29 is 19.1 Å². The van der Waals surface area contributed by atoms with E-state index in [0.717, 1.165) is 5.75 Å². The van der Waals surface area contributed by atoms with Gasteiger partial charge in [0.05, 0.1) is 18.8 Å². The molecule has 0 aromatic heterocycles. The number of benzene rings is 2. The van der Waals surface area contributed by atoms with Gasteiger partial charge in [-0.25, -0.2) is 0 Å². The van der Waals surface area contributed by atoms with Gasteiger partial charge in [0.1, 0.15) is 17.2 Å². The number of methoxy groups -OCH3 is 1. The molecule has 0 saturated carbocycles. The molecule has 0 radical (unpaired) electrons.